The molecule has 2 aromatic heterocycles. The molecule has 3 heterocycles. The fraction of sp³-hybridized carbons (Fsp3) is 0.250. The van der Waals surface area contributed by atoms with E-state index in [0.29, 0.717) is 18.2 Å². The molecule has 154 valence electrons. The van der Waals surface area contributed by atoms with E-state index in [2.05, 4.69) is 10.1 Å². The second-order valence-corrected chi connectivity index (χ2v) is 7.10. The van der Waals surface area contributed by atoms with Crippen LogP contribution in [-0.2, 0) is 24.9 Å². The van der Waals surface area contributed by atoms with E-state index in [1.165, 1.54) is 9.58 Å². The highest BCUT2D eigenvalue weighted by Crippen LogP contribution is 2.23. The number of aromatic nitrogens is 4. The third-order valence-corrected chi connectivity index (χ3v) is 4.82. The molecule has 4 rings (SSSR count). The van der Waals surface area contributed by atoms with Crippen molar-refractivity contribution in [2.45, 2.75) is 20.0 Å². The standard InChI is InChI=1S/C20H21N7O3/c1-13-11-26-16-17(22-19(26)27(23-13)12-15(21)28)24(2)20(30)25(18(16)29)10-6-9-14-7-4-3-5-8-14/h3-9H,10-12H2,1-2H3,(H2,21,28)/b9-6+. The van der Waals surface area contributed by atoms with Gasteiger partial charge >= 0.3 is 5.69 Å². The summed E-state index contributed by atoms with van der Waals surface area (Å²) >= 11 is 0. The SMILES string of the molecule is CC1=NN(CC(N)=O)c2nc3c(c(=O)n(C/C=C/c4ccccc4)c(=O)n3C)n2C1. The van der Waals surface area contributed by atoms with Crippen LogP contribution in [-0.4, -0.2) is 36.8 Å². The fourth-order valence-electron chi connectivity index (χ4n) is 3.49. The molecule has 0 atom stereocenters. The number of anilines is 1. The summed E-state index contributed by atoms with van der Waals surface area (Å²) in [6.07, 6.45) is 3.62. The quantitative estimate of drug-likeness (QED) is 0.652. The highest BCUT2D eigenvalue weighted by atomic mass is 16.2. The fourth-order valence-corrected chi connectivity index (χ4v) is 3.49. The first-order chi connectivity index (χ1) is 14.4. The zero-order valence-corrected chi connectivity index (χ0v) is 16.6. The number of primary amides is 1. The van der Waals surface area contributed by atoms with Crippen LogP contribution in [0.3, 0.4) is 0 Å². The number of fused-ring (bicyclic) bond motifs is 3. The van der Waals surface area contributed by atoms with E-state index in [4.69, 9.17) is 5.73 Å². The third kappa shape index (κ3) is 3.32. The third-order valence-electron chi connectivity index (χ3n) is 4.82. The number of nitrogens with two attached hydrogens (primary N) is 1. The monoisotopic (exact) mass is 407 g/mol. The molecule has 30 heavy (non-hydrogen) atoms. The van der Waals surface area contributed by atoms with Gasteiger partial charge in [0, 0.05) is 13.6 Å². The number of imidazole rings is 1. The predicted molar refractivity (Wildman–Crippen MR) is 114 cm³/mol. The minimum atomic E-state index is -0.579. The van der Waals surface area contributed by atoms with Crippen LogP contribution >= 0.6 is 0 Å². The van der Waals surface area contributed by atoms with Crippen molar-refractivity contribution in [2.24, 2.45) is 17.9 Å². The second-order valence-electron chi connectivity index (χ2n) is 7.10. The van der Waals surface area contributed by atoms with Crippen LogP contribution in [0.25, 0.3) is 17.2 Å². The zero-order chi connectivity index (χ0) is 21.4. The summed E-state index contributed by atoms with van der Waals surface area (Å²) in [5, 5.41) is 5.66. The first-order valence-electron chi connectivity index (χ1n) is 9.38. The van der Waals surface area contributed by atoms with Gasteiger partial charge < -0.3 is 5.73 Å². The highest BCUT2D eigenvalue weighted by molar-refractivity contribution is 5.89. The molecule has 0 saturated carbocycles. The van der Waals surface area contributed by atoms with Crippen LogP contribution in [0.15, 0.2) is 51.1 Å². The Kier molecular flexibility index (Phi) is 4.82. The van der Waals surface area contributed by atoms with Gasteiger partial charge in [-0.3, -0.25) is 23.3 Å². The van der Waals surface area contributed by atoms with Crippen molar-refractivity contribution in [3.63, 3.8) is 0 Å². The molecular formula is C20H21N7O3. The molecule has 1 aliphatic heterocycles. The van der Waals surface area contributed by atoms with Crippen molar-refractivity contribution >= 4 is 34.8 Å². The highest BCUT2D eigenvalue weighted by Gasteiger charge is 2.27. The molecule has 10 nitrogen and oxygen atoms in total. The van der Waals surface area contributed by atoms with E-state index < -0.39 is 17.2 Å². The molecular weight excluding hydrogens is 386 g/mol. The summed E-state index contributed by atoms with van der Waals surface area (Å²) in [5.74, 6) is -0.275. The van der Waals surface area contributed by atoms with Crippen molar-refractivity contribution in [1.29, 1.82) is 0 Å². The Labute approximate surface area is 171 Å². The van der Waals surface area contributed by atoms with Crippen LogP contribution in [0, 0.1) is 0 Å². The van der Waals surface area contributed by atoms with E-state index in [9.17, 15) is 14.4 Å². The van der Waals surface area contributed by atoms with Crippen LogP contribution in [0.1, 0.15) is 12.5 Å². The number of rotatable bonds is 5. The number of benzene rings is 1. The van der Waals surface area contributed by atoms with Gasteiger partial charge in [0.15, 0.2) is 11.2 Å². The zero-order valence-electron chi connectivity index (χ0n) is 16.6. The Morgan fingerprint density at radius 3 is 2.67 bits per heavy atom. The van der Waals surface area contributed by atoms with E-state index in [-0.39, 0.29) is 24.3 Å². The minimum absolute atomic E-state index is 0.120. The molecule has 0 unspecified atom stereocenters. The largest absolute Gasteiger partial charge is 0.368 e. The van der Waals surface area contributed by atoms with Crippen molar-refractivity contribution in [1.82, 2.24) is 18.7 Å². The van der Waals surface area contributed by atoms with E-state index in [0.717, 1.165) is 10.1 Å². The Hall–Kier alpha value is -3.95. The maximum absolute atomic E-state index is 13.2. The number of allylic oxidation sites excluding steroid dienone is 1. The summed E-state index contributed by atoms with van der Waals surface area (Å²) < 4.78 is 4.16. The van der Waals surface area contributed by atoms with Gasteiger partial charge in [0.05, 0.1) is 12.3 Å². The molecule has 0 saturated heterocycles. The molecule has 1 aromatic carbocycles. The molecule has 1 amide bonds. The molecule has 0 aliphatic carbocycles. The lowest BCUT2D eigenvalue weighted by molar-refractivity contribution is -0.116. The van der Waals surface area contributed by atoms with Gasteiger partial charge in [0.2, 0.25) is 11.9 Å². The summed E-state index contributed by atoms with van der Waals surface area (Å²) in [6, 6.07) is 9.61. The summed E-state index contributed by atoms with van der Waals surface area (Å²) in [6.45, 7) is 2.05. The summed E-state index contributed by atoms with van der Waals surface area (Å²) in [7, 11) is 1.56. The van der Waals surface area contributed by atoms with Gasteiger partial charge in [0.1, 0.15) is 6.54 Å². The maximum atomic E-state index is 13.2. The predicted octanol–water partition coefficient (Wildman–Crippen LogP) is 0.291. The van der Waals surface area contributed by atoms with Crippen LogP contribution < -0.4 is 22.0 Å². The molecule has 0 fully saturated rings. The van der Waals surface area contributed by atoms with E-state index in [1.54, 1.807) is 24.6 Å². The molecule has 0 bridgehead atoms. The van der Waals surface area contributed by atoms with Crippen molar-refractivity contribution in [3.05, 3.63) is 62.8 Å². The average molecular weight is 407 g/mol. The second kappa shape index (κ2) is 7.47. The van der Waals surface area contributed by atoms with Gasteiger partial charge in [-0.25, -0.2) is 9.80 Å². The van der Waals surface area contributed by atoms with Crippen molar-refractivity contribution < 1.29 is 4.79 Å². The van der Waals surface area contributed by atoms with Gasteiger partial charge in [-0.1, -0.05) is 42.5 Å². The Balaban J connectivity index is 1.82. The van der Waals surface area contributed by atoms with Crippen LogP contribution in [0.5, 0.6) is 0 Å². The topological polar surface area (TPSA) is 121 Å². The molecule has 0 radical (unpaired) electrons. The lowest BCUT2D eigenvalue weighted by Crippen LogP contribution is -2.40. The number of aryl methyl sites for hydroxylation is 1. The van der Waals surface area contributed by atoms with Gasteiger partial charge in [-0.15, -0.1) is 0 Å². The summed E-state index contributed by atoms with van der Waals surface area (Å²) in [4.78, 5) is 41.9. The van der Waals surface area contributed by atoms with Crippen LogP contribution in [0.2, 0.25) is 0 Å². The number of carbonyl (C=O) groups is 1. The molecule has 3 aromatic rings. The van der Waals surface area contributed by atoms with Gasteiger partial charge in [0.25, 0.3) is 5.56 Å². The van der Waals surface area contributed by atoms with Crippen LogP contribution in [0.4, 0.5) is 5.95 Å². The number of nitrogens with zero attached hydrogens (tertiary/aromatic N) is 6. The molecule has 1 aliphatic rings. The lowest BCUT2D eigenvalue weighted by atomic mass is 10.2. The number of carbonyl (C=O) groups excluding carboxylic acids is 1. The van der Waals surface area contributed by atoms with Gasteiger partial charge in [-0.05, 0) is 12.5 Å². The average Bonchev–Trinajstić information content (AvgIpc) is 3.09. The minimum Gasteiger partial charge on any atom is -0.368 e. The molecule has 0 spiro atoms. The van der Waals surface area contributed by atoms with E-state index in [1.807, 2.05) is 36.4 Å². The smallest absolute Gasteiger partial charge is 0.332 e. The number of hydrazone groups is 1. The van der Waals surface area contributed by atoms with E-state index >= 15 is 0 Å². The summed E-state index contributed by atoms with van der Waals surface area (Å²) in [5.41, 5.74) is 6.58. The van der Waals surface area contributed by atoms with Crippen molar-refractivity contribution in [3.8, 4) is 0 Å². The Bertz CT molecular complexity index is 1310. The number of amides is 1. The normalized spacial score (nSPS) is 13.7. The van der Waals surface area contributed by atoms with Crippen molar-refractivity contribution in [2.75, 3.05) is 11.6 Å². The molecule has 2 N–H and O–H groups in total. The van der Waals surface area contributed by atoms with Gasteiger partial charge in [-0.2, -0.15) is 10.1 Å². The Morgan fingerprint density at radius 1 is 1.23 bits per heavy atom. The molecule has 10 heteroatoms. The Morgan fingerprint density at radius 2 is 1.97 bits per heavy atom. The first-order valence-corrected chi connectivity index (χ1v) is 9.38. The maximum Gasteiger partial charge on any atom is 0.332 e. The number of hydrogen-bond acceptors (Lipinski definition) is 6. The first kappa shape index (κ1) is 19.4. The lowest BCUT2D eigenvalue weighted by Gasteiger charge is -2.23. The number of hydrogen-bond donors (Lipinski definition) is 1.